The molecule has 0 amide bonds. The Kier molecular flexibility index (Phi) is 18.5. The number of carboxylic acid groups (broad SMARTS) is 2. The molecule has 4 nitrogen and oxygen atoms in total. The van der Waals surface area contributed by atoms with Gasteiger partial charge in [0.1, 0.15) is 0 Å². The molecule has 4 heteroatoms. The average Bonchev–Trinajstić information content (AvgIpc) is 2.56. The fourth-order valence-electron chi connectivity index (χ4n) is 3.20. The second-order valence-corrected chi connectivity index (χ2v) is 7.30. The van der Waals surface area contributed by atoms with Gasteiger partial charge in [0.2, 0.25) is 0 Å². The summed E-state index contributed by atoms with van der Waals surface area (Å²) >= 11 is 0. The monoisotopic (exact) mass is 356 g/mol. The molecule has 0 saturated carbocycles. The number of carbonyl (C=O) groups is 2. The zero-order chi connectivity index (χ0) is 18.6. The summed E-state index contributed by atoms with van der Waals surface area (Å²) in [7, 11) is 0. The molecule has 0 aliphatic carbocycles. The molecule has 0 atom stereocenters. The van der Waals surface area contributed by atoms with Crippen molar-refractivity contribution in [2.75, 3.05) is 0 Å². The third-order valence-electron chi connectivity index (χ3n) is 4.78. The topological polar surface area (TPSA) is 74.6 Å². The van der Waals surface area contributed by atoms with Gasteiger partial charge in [-0.1, -0.05) is 96.3 Å². The third kappa shape index (κ3) is 22.9. The number of unbranched alkanes of at least 4 members (excludes halogenated alkanes) is 16. The summed E-state index contributed by atoms with van der Waals surface area (Å²) in [4.78, 5) is 20.7. The van der Waals surface area contributed by atoms with Gasteiger partial charge in [-0.2, -0.15) is 0 Å². The van der Waals surface area contributed by atoms with Crippen LogP contribution in [-0.4, -0.2) is 22.2 Å². The van der Waals surface area contributed by atoms with Crippen molar-refractivity contribution in [2.24, 2.45) is 0 Å². The molecule has 0 unspecified atom stereocenters. The summed E-state index contributed by atoms with van der Waals surface area (Å²) in [5.74, 6) is -1.34. The minimum atomic E-state index is -0.671. The number of carboxylic acids is 2. The van der Waals surface area contributed by atoms with E-state index in [9.17, 15) is 9.59 Å². The SMILES string of the molecule is O=C(O)CCCCCCCCCCCCCCCCCCCC(=O)O. The normalized spacial score (nSPS) is 10.9. The Bertz CT molecular complexity index is 285. The van der Waals surface area contributed by atoms with E-state index in [0.717, 1.165) is 25.7 Å². The van der Waals surface area contributed by atoms with Crippen molar-refractivity contribution in [3.63, 3.8) is 0 Å². The largest absolute Gasteiger partial charge is 0.481 e. The molecular formula is C21H40O4. The molecule has 2 N–H and O–H groups in total. The highest BCUT2D eigenvalue weighted by Crippen LogP contribution is 2.14. The van der Waals surface area contributed by atoms with Gasteiger partial charge in [-0.15, -0.1) is 0 Å². The maximum absolute atomic E-state index is 10.4. The molecule has 0 saturated heterocycles. The summed E-state index contributed by atoms with van der Waals surface area (Å²) in [6, 6.07) is 0. The molecule has 0 aliphatic rings. The quantitative estimate of drug-likeness (QED) is 0.242. The van der Waals surface area contributed by atoms with Crippen LogP contribution in [0, 0.1) is 0 Å². The Balaban J connectivity index is 3.00. The molecule has 25 heavy (non-hydrogen) atoms. The van der Waals surface area contributed by atoms with Crippen LogP contribution in [0.5, 0.6) is 0 Å². The Hall–Kier alpha value is -1.06. The number of hydrogen-bond donors (Lipinski definition) is 2. The Morgan fingerprint density at radius 3 is 0.680 bits per heavy atom. The van der Waals surface area contributed by atoms with Crippen LogP contribution in [0.1, 0.15) is 122 Å². The van der Waals surface area contributed by atoms with Gasteiger partial charge in [-0.3, -0.25) is 9.59 Å². The minimum absolute atomic E-state index is 0.324. The number of hydrogen-bond acceptors (Lipinski definition) is 2. The maximum atomic E-state index is 10.4. The smallest absolute Gasteiger partial charge is 0.303 e. The van der Waals surface area contributed by atoms with Crippen LogP contribution in [0.3, 0.4) is 0 Å². The molecule has 0 rings (SSSR count). The summed E-state index contributed by atoms with van der Waals surface area (Å²) in [6.07, 6.45) is 21.3. The van der Waals surface area contributed by atoms with Gasteiger partial charge in [0.15, 0.2) is 0 Å². The lowest BCUT2D eigenvalue weighted by molar-refractivity contribution is -0.138. The first-order valence-corrected chi connectivity index (χ1v) is 10.6. The van der Waals surface area contributed by atoms with Crippen LogP contribution in [0.25, 0.3) is 0 Å². The lowest BCUT2D eigenvalue weighted by Crippen LogP contribution is -1.93. The van der Waals surface area contributed by atoms with Crippen molar-refractivity contribution < 1.29 is 19.8 Å². The van der Waals surface area contributed by atoms with Crippen molar-refractivity contribution >= 4 is 11.9 Å². The van der Waals surface area contributed by atoms with E-state index in [0.29, 0.717) is 12.8 Å². The molecule has 0 fully saturated rings. The molecule has 0 radical (unpaired) electrons. The summed E-state index contributed by atoms with van der Waals surface area (Å²) in [5.41, 5.74) is 0. The van der Waals surface area contributed by atoms with Crippen molar-refractivity contribution in [3.05, 3.63) is 0 Å². The van der Waals surface area contributed by atoms with Crippen molar-refractivity contribution in [2.45, 2.75) is 122 Å². The van der Waals surface area contributed by atoms with Crippen molar-refractivity contribution in [1.82, 2.24) is 0 Å². The molecule has 148 valence electrons. The van der Waals surface area contributed by atoms with Gasteiger partial charge in [-0.05, 0) is 12.8 Å². The fraction of sp³-hybridized carbons (Fsp3) is 0.905. The van der Waals surface area contributed by atoms with Crippen molar-refractivity contribution in [3.8, 4) is 0 Å². The van der Waals surface area contributed by atoms with E-state index in [1.165, 1.54) is 83.5 Å². The van der Waals surface area contributed by atoms with Gasteiger partial charge >= 0.3 is 11.9 Å². The summed E-state index contributed by atoms with van der Waals surface area (Å²) < 4.78 is 0. The highest BCUT2D eigenvalue weighted by Gasteiger charge is 1.98. The molecule has 0 aromatic rings. The predicted molar refractivity (Wildman–Crippen MR) is 103 cm³/mol. The minimum Gasteiger partial charge on any atom is -0.481 e. The van der Waals surface area contributed by atoms with E-state index >= 15 is 0 Å². The fourth-order valence-corrected chi connectivity index (χ4v) is 3.20. The number of aliphatic carboxylic acids is 2. The molecular weight excluding hydrogens is 316 g/mol. The first-order chi connectivity index (χ1) is 12.1. The lowest BCUT2D eigenvalue weighted by Gasteiger charge is -2.03. The Morgan fingerprint density at radius 1 is 0.360 bits per heavy atom. The lowest BCUT2D eigenvalue weighted by atomic mass is 10.0. The van der Waals surface area contributed by atoms with Crippen LogP contribution in [0.15, 0.2) is 0 Å². The first kappa shape index (κ1) is 23.9. The molecule has 0 heterocycles. The molecule has 0 aromatic heterocycles. The van der Waals surface area contributed by atoms with Gasteiger partial charge in [0.25, 0.3) is 0 Å². The summed E-state index contributed by atoms with van der Waals surface area (Å²) in [5, 5.41) is 17.1. The molecule has 0 aliphatic heterocycles. The van der Waals surface area contributed by atoms with E-state index in [1.807, 2.05) is 0 Å². The van der Waals surface area contributed by atoms with Gasteiger partial charge in [-0.25, -0.2) is 0 Å². The molecule has 0 bridgehead atoms. The first-order valence-electron chi connectivity index (χ1n) is 10.6. The standard InChI is InChI=1S/C21H40O4/c22-20(23)18-16-14-12-10-8-6-4-2-1-3-5-7-9-11-13-15-17-19-21(24)25/h1-19H2,(H,22,23)(H,24,25). The van der Waals surface area contributed by atoms with E-state index in [1.54, 1.807) is 0 Å². The van der Waals surface area contributed by atoms with Crippen LogP contribution in [0.2, 0.25) is 0 Å². The second kappa shape index (κ2) is 19.3. The zero-order valence-corrected chi connectivity index (χ0v) is 16.1. The number of rotatable bonds is 20. The van der Waals surface area contributed by atoms with Crippen LogP contribution in [-0.2, 0) is 9.59 Å². The Morgan fingerprint density at radius 2 is 0.520 bits per heavy atom. The van der Waals surface area contributed by atoms with Crippen LogP contribution in [0.4, 0.5) is 0 Å². The molecule has 0 spiro atoms. The Labute approximate surface area is 154 Å². The van der Waals surface area contributed by atoms with Crippen molar-refractivity contribution in [1.29, 1.82) is 0 Å². The van der Waals surface area contributed by atoms with Gasteiger partial charge < -0.3 is 10.2 Å². The van der Waals surface area contributed by atoms with E-state index in [-0.39, 0.29) is 0 Å². The summed E-state index contributed by atoms with van der Waals surface area (Å²) in [6.45, 7) is 0. The second-order valence-electron chi connectivity index (χ2n) is 7.30. The van der Waals surface area contributed by atoms with Crippen LogP contribution >= 0.6 is 0 Å². The maximum Gasteiger partial charge on any atom is 0.303 e. The van der Waals surface area contributed by atoms with E-state index in [2.05, 4.69) is 0 Å². The highest BCUT2D eigenvalue weighted by molar-refractivity contribution is 5.66. The van der Waals surface area contributed by atoms with Gasteiger partial charge in [0.05, 0.1) is 0 Å². The zero-order valence-electron chi connectivity index (χ0n) is 16.1. The van der Waals surface area contributed by atoms with E-state index < -0.39 is 11.9 Å². The predicted octanol–water partition coefficient (Wildman–Crippen LogP) is 6.57. The van der Waals surface area contributed by atoms with Gasteiger partial charge in [0, 0.05) is 12.8 Å². The third-order valence-corrected chi connectivity index (χ3v) is 4.78. The molecule has 0 aromatic carbocycles. The average molecular weight is 357 g/mol. The van der Waals surface area contributed by atoms with Crippen LogP contribution < -0.4 is 0 Å². The van der Waals surface area contributed by atoms with E-state index in [4.69, 9.17) is 10.2 Å². The highest BCUT2D eigenvalue weighted by atomic mass is 16.4.